The van der Waals surface area contributed by atoms with Gasteiger partial charge in [0.25, 0.3) is 5.91 Å². The molecule has 2 aliphatic rings. The zero-order valence-electron chi connectivity index (χ0n) is 11.5. The number of fused-ring (bicyclic) bond motifs is 1. The molecule has 0 radical (unpaired) electrons. The molecule has 3 rings (SSSR count). The highest BCUT2D eigenvalue weighted by Crippen LogP contribution is 2.20. The van der Waals surface area contributed by atoms with Crippen LogP contribution in [0.5, 0.6) is 0 Å². The second-order valence-electron chi connectivity index (χ2n) is 5.13. The molecule has 1 aromatic rings. The maximum Gasteiger partial charge on any atom is 0.274 e. The van der Waals surface area contributed by atoms with Gasteiger partial charge in [0.2, 0.25) is 5.91 Å². The molecule has 7 nitrogen and oxygen atoms in total. The number of rotatable bonds is 1. The lowest BCUT2D eigenvalue weighted by Crippen LogP contribution is -2.50. The molecule has 0 aromatic carbocycles. The third-order valence-corrected chi connectivity index (χ3v) is 3.91. The van der Waals surface area contributed by atoms with Crippen molar-refractivity contribution in [3.63, 3.8) is 0 Å². The third-order valence-electron chi connectivity index (χ3n) is 3.91. The molecular formula is C13H18N4O3. The molecule has 0 saturated carbocycles. The van der Waals surface area contributed by atoms with E-state index in [-0.39, 0.29) is 11.8 Å². The molecule has 1 fully saturated rings. The number of carbonyl (C=O) groups is 2. The Morgan fingerprint density at radius 3 is 2.60 bits per heavy atom. The first kappa shape index (κ1) is 13.1. The van der Waals surface area contributed by atoms with E-state index >= 15 is 0 Å². The Bertz CT molecular complexity index is 532. The Kier molecular flexibility index (Phi) is 3.43. The highest BCUT2D eigenvalue weighted by Gasteiger charge is 2.28. The molecule has 0 atom stereocenters. The van der Waals surface area contributed by atoms with Crippen molar-refractivity contribution >= 4 is 11.8 Å². The van der Waals surface area contributed by atoms with Gasteiger partial charge in [-0.3, -0.25) is 14.7 Å². The van der Waals surface area contributed by atoms with Gasteiger partial charge in [0.1, 0.15) is 0 Å². The van der Waals surface area contributed by atoms with E-state index in [9.17, 15) is 9.59 Å². The fourth-order valence-corrected chi connectivity index (χ4v) is 2.66. The van der Waals surface area contributed by atoms with Gasteiger partial charge in [-0.15, -0.1) is 0 Å². The van der Waals surface area contributed by atoms with Gasteiger partial charge in [-0.25, -0.2) is 0 Å². The number of hydrogen-bond donors (Lipinski definition) is 1. The molecule has 0 bridgehead atoms. The summed E-state index contributed by atoms with van der Waals surface area (Å²) in [6.45, 7) is 4.95. The Balaban J connectivity index is 1.71. The van der Waals surface area contributed by atoms with Crippen LogP contribution >= 0.6 is 0 Å². The molecule has 2 amide bonds. The van der Waals surface area contributed by atoms with Crippen LogP contribution in [0.4, 0.5) is 0 Å². The van der Waals surface area contributed by atoms with Crippen molar-refractivity contribution in [3.8, 4) is 0 Å². The monoisotopic (exact) mass is 278 g/mol. The lowest BCUT2D eigenvalue weighted by Gasteiger charge is -2.34. The average Bonchev–Trinajstić information content (AvgIpc) is 2.90. The SMILES string of the molecule is CC(=O)N1CCN(C(=O)c2n[nH]c3c2COCC3)CC1. The van der Waals surface area contributed by atoms with Crippen molar-refractivity contribution in [2.75, 3.05) is 32.8 Å². The number of piperazine rings is 1. The molecule has 20 heavy (non-hydrogen) atoms. The molecule has 1 N–H and O–H groups in total. The minimum absolute atomic E-state index is 0.0580. The maximum absolute atomic E-state index is 12.5. The Morgan fingerprint density at radius 1 is 1.20 bits per heavy atom. The summed E-state index contributed by atoms with van der Waals surface area (Å²) in [4.78, 5) is 27.3. The third kappa shape index (κ3) is 2.29. The minimum atomic E-state index is -0.0730. The molecule has 0 unspecified atom stereocenters. The molecule has 0 aliphatic carbocycles. The summed E-state index contributed by atoms with van der Waals surface area (Å²) in [5, 5.41) is 7.08. The number of nitrogens with zero attached hydrogens (tertiary/aromatic N) is 3. The van der Waals surface area contributed by atoms with Crippen LogP contribution in [0.3, 0.4) is 0 Å². The van der Waals surface area contributed by atoms with Gasteiger partial charge < -0.3 is 14.5 Å². The first-order valence-corrected chi connectivity index (χ1v) is 6.85. The minimum Gasteiger partial charge on any atom is -0.376 e. The van der Waals surface area contributed by atoms with E-state index in [4.69, 9.17) is 4.74 Å². The van der Waals surface area contributed by atoms with Crippen LogP contribution in [0.25, 0.3) is 0 Å². The number of aromatic nitrogens is 2. The van der Waals surface area contributed by atoms with Gasteiger partial charge in [-0.2, -0.15) is 5.10 Å². The highest BCUT2D eigenvalue weighted by atomic mass is 16.5. The lowest BCUT2D eigenvalue weighted by molar-refractivity contribution is -0.130. The number of amides is 2. The van der Waals surface area contributed by atoms with Crippen molar-refractivity contribution in [1.82, 2.24) is 20.0 Å². The van der Waals surface area contributed by atoms with Crippen LogP contribution in [-0.4, -0.2) is 64.6 Å². The van der Waals surface area contributed by atoms with E-state index in [0.29, 0.717) is 45.1 Å². The van der Waals surface area contributed by atoms with Gasteiger partial charge in [-0.05, 0) is 0 Å². The summed E-state index contributed by atoms with van der Waals surface area (Å²) in [6.07, 6.45) is 0.772. The van der Waals surface area contributed by atoms with Crippen molar-refractivity contribution in [1.29, 1.82) is 0 Å². The van der Waals surface area contributed by atoms with E-state index in [1.165, 1.54) is 0 Å². The zero-order valence-corrected chi connectivity index (χ0v) is 11.5. The Labute approximate surface area is 116 Å². The normalized spacial score (nSPS) is 18.9. The van der Waals surface area contributed by atoms with Gasteiger partial charge >= 0.3 is 0 Å². The van der Waals surface area contributed by atoms with Crippen molar-refractivity contribution < 1.29 is 14.3 Å². The van der Waals surface area contributed by atoms with Crippen LogP contribution in [0.2, 0.25) is 0 Å². The second kappa shape index (κ2) is 5.24. The number of hydrogen-bond acceptors (Lipinski definition) is 4. The van der Waals surface area contributed by atoms with Gasteiger partial charge in [0.05, 0.1) is 13.2 Å². The number of nitrogens with one attached hydrogen (secondary N) is 1. The van der Waals surface area contributed by atoms with E-state index in [2.05, 4.69) is 10.2 Å². The number of aromatic amines is 1. The van der Waals surface area contributed by atoms with Crippen molar-refractivity contribution in [2.45, 2.75) is 20.0 Å². The predicted octanol–water partition coefficient (Wildman–Crippen LogP) is -0.213. The average molecular weight is 278 g/mol. The van der Waals surface area contributed by atoms with Crippen molar-refractivity contribution in [2.24, 2.45) is 0 Å². The maximum atomic E-state index is 12.5. The predicted molar refractivity (Wildman–Crippen MR) is 70.1 cm³/mol. The standard InChI is InChI=1S/C13H18N4O3/c1-9(18)16-3-5-17(6-4-16)13(19)12-10-8-20-7-2-11(10)14-15-12/h2-8H2,1H3,(H,14,15). The zero-order chi connectivity index (χ0) is 14.1. The van der Waals surface area contributed by atoms with E-state index < -0.39 is 0 Å². The summed E-state index contributed by atoms with van der Waals surface area (Å²) in [5.74, 6) is -0.0150. The van der Waals surface area contributed by atoms with Crippen molar-refractivity contribution in [3.05, 3.63) is 17.0 Å². The smallest absolute Gasteiger partial charge is 0.274 e. The molecule has 7 heteroatoms. The van der Waals surface area contributed by atoms with Gasteiger partial charge in [0.15, 0.2) is 5.69 Å². The Hall–Kier alpha value is -1.89. The van der Waals surface area contributed by atoms with Crippen LogP contribution in [0.15, 0.2) is 0 Å². The topological polar surface area (TPSA) is 78.5 Å². The fraction of sp³-hybridized carbons (Fsp3) is 0.615. The van der Waals surface area contributed by atoms with E-state index in [1.54, 1.807) is 16.7 Å². The molecule has 1 aromatic heterocycles. The summed E-state index contributed by atoms with van der Waals surface area (Å²) >= 11 is 0. The van der Waals surface area contributed by atoms with Gasteiger partial charge in [-0.1, -0.05) is 0 Å². The van der Waals surface area contributed by atoms with Crippen LogP contribution in [-0.2, 0) is 22.6 Å². The summed E-state index contributed by atoms with van der Waals surface area (Å²) in [7, 11) is 0. The van der Waals surface area contributed by atoms with E-state index in [1.807, 2.05) is 0 Å². The number of H-pyrrole nitrogens is 1. The van der Waals surface area contributed by atoms with Crippen LogP contribution in [0, 0.1) is 0 Å². The molecule has 3 heterocycles. The first-order chi connectivity index (χ1) is 9.66. The van der Waals surface area contributed by atoms with Crippen LogP contribution in [0.1, 0.15) is 28.7 Å². The van der Waals surface area contributed by atoms with Crippen LogP contribution < -0.4 is 0 Å². The molecule has 1 saturated heterocycles. The van der Waals surface area contributed by atoms with Gasteiger partial charge in [0, 0.05) is 50.8 Å². The molecular weight excluding hydrogens is 260 g/mol. The summed E-state index contributed by atoms with van der Waals surface area (Å²) in [6, 6.07) is 0. The number of carbonyl (C=O) groups excluding carboxylic acids is 2. The highest BCUT2D eigenvalue weighted by molar-refractivity contribution is 5.94. The van der Waals surface area contributed by atoms with E-state index in [0.717, 1.165) is 17.7 Å². The summed E-state index contributed by atoms with van der Waals surface area (Å²) < 4.78 is 5.40. The fourth-order valence-electron chi connectivity index (χ4n) is 2.66. The largest absolute Gasteiger partial charge is 0.376 e. The second-order valence-corrected chi connectivity index (χ2v) is 5.13. The molecule has 0 spiro atoms. The lowest BCUT2D eigenvalue weighted by atomic mass is 10.1. The molecule has 2 aliphatic heterocycles. The Morgan fingerprint density at radius 2 is 1.90 bits per heavy atom. The quantitative estimate of drug-likeness (QED) is 0.771. The number of ether oxygens (including phenoxy) is 1. The molecule has 108 valence electrons. The first-order valence-electron chi connectivity index (χ1n) is 6.85. The summed E-state index contributed by atoms with van der Waals surface area (Å²) in [5.41, 5.74) is 2.35.